The molecule has 0 aliphatic heterocycles. The highest BCUT2D eigenvalue weighted by atomic mass is 19.3. The number of nitrogens with zero attached hydrogens (tertiary/aromatic N) is 2. The van der Waals surface area contributed by atoms with Crippen LogP contribution in [0.5, 0.6) is 0 Å². The van der Waals surface area contributed by atoms with Gasteiger partial charge in [-0.2, -0.15) is 0 Å². The van der Waals surface area contributed by atoms with Gasteiger partial charge >= 0.3 is 0 Å². The Labute approximate surface area is 98.1 Å². The molecule has 0 radical (unpaired) electrons. The standard InChI is InChI=1S/C12H13F2N3/c1-9(12(13)14)16-10-4-2-3-5-11(10)17-7-6-15-8-17/h2-9,12,16H,1H3. The van der Waals surface area contributed by atoms with E-state index in [2.05, 4.69) is 10.3 Å². The maximum absolute atomic E-state index is 12.5. The van der Waals surface area contributed by atoms with Crippen molar-refractivity contribution in [2.45, 2.75) is 19.4 Å². The Kier molecular flexibility index (Phi) is 3.37. The predicted molar refractivity (Wildman–Crippen MR) is 62.7 cm³/mol. The number of para-hydroxylation sites is 2. The Morgan fingerprint density at radius 2 is 2.06 bits per heavy atom. The lowest BCUT2D eigenvalue weighted by Crippen LogP contribution is -2.24. The molecule has 5 heteroatoms. The lowest BCUT2D eigenvalue weighted by Gasteiger charge is -2.17. The van der Waals surface area contributed by atoms with Crippen LogP contribution in [-0.4, -0.2) is 22.0 Å². The zero-order valence-corrected chi connectivity index (χ0v) is 9.35. The number of hydrogen-bond acceptors (Lipinski definition) is 2. The van der Waals surface area contributed by atoms with Crippen LogP contribution >= 0.6 is 0 Å². The average molecular weight is 237 g/mol. The molecular weight excluding hydrogens is 224 g/mol. The van der Waals surface area contributed by atoms with Gasteiger partial charge in [0.1, 0.15) is 0 Å². The number of benzene rings is 1. The molecule has 1 heterocycles. The monoisotopic (exact) mass is 237 g/mol. The van der Waals surface area contributed by atoms with Crippen LogP contribution in [0.1, 0.15) is 6.92 Å². The van der Waals surface area contributed by atoms with Crippen molar-refractivity contribution < 1.29 is 8.78 Å². The molecule has 2 rings (SSSR count). The van der Waals surface area contributed by atoms with E-state index in [1.165, 1.54) is 6.92 Å². The first-order valence-corrected chi connectivity index (χ1v) is 5.30. The molecule has 0 amide bonds. The Bertz CT molecular complexity index is 468. The molecule has 3 nitrogen and oxygen atoms in total. The van der Waals surface area contributed by atoms with E-state index in [4.69, 9.17) is 0 Å². The summed E-state index contributed by atoms with van der Waals surface area (Å²) in [6.07, 6.45) is 2.65. The lowest BCUT2D eigenvalue weighted by molar-refractivity contribution is 0.131. The van der Waals surface area contributed by atoms with Crippen molar-refractivity contribution in [3.05, 3.63) is 43.0 Å². The first kappa shape index (κ1) is 11.6. The van der Waals surface area contributed by atoms with Gasteiger partial charge in [-0.3, -0.25) is 0 Å². The zero-order valence-electron chi connectivity index (χ0n) is 9.35. The van der Waals surface area contributed by atoms with Crippen LogP contribution in [0.15, 0.2) is 43.0 Å². The second kappa shape index (κ2) is 4.95. The predicted octanol–water partition coefficient (Wildman–Crippen LogP) is 2.94. The van der Waals surface area contributed by atoms with E-state index < -0.39 is 12.5 Å². The molecular formula is C12H13F2N3. The second-order valence-electron chi connectivity index (χ2n) is 3.75. The minimum Gasteiger partial charge on any atom is -0.375 e. The summed E-state index contributed by atoms with van der Waals surface area (Å²) in [5, 5.41) is 2.80. The Hall–Kier alpha value is -1.91. The fraction of sp³-hybridized carbons (Fsp3) is 0.250. The summed E-state index contributed by atoms with van der Waals surface area (Å²) in [6.45, 7) is 1.45. The molecule has 0 saturated heterocycles. The number of rotatable bonds is 4. The quantitative estimate of drug-likeness (QED) is 0.886. The number of nitrogens with one attached hydrogen (secondary N) is 1. The highest BCUT2D eigenvalue weighted by Gasteiger charge is 2.15. The van der Waals surface area contributed by atoms with Crippen LogP contribution in [0, 0.1) is 0 Å². The van der Waals surface area contributed by atoms with Crippen LogP contribution in [0.25, 0.3) is 5.69 Å². The summed E-state index contributed by atoms with van der Waals surface area (Å²) in [7, 11) is 0. The number of anilines is 1. The average Bonchev–Trinajstić information content (AvgIpc) is 2.83. The van der Waals surface area contributed by atoms with Crippen molar-refractivity contribution in [3.63, 3.8) is 0 Å². The van der Waals surface area contributed by atoms with E-state index in [-0.39, 0.29) is 0 Å². The van der Waals surface area contributed by atoms with Crippen LogP contribution in [0.4, 0.5) is 14.5 Å². The van der Waals surface area contributed by atoms with Gasteiger partial charge in [-0.1, -0.05) is 12.1 Å². The molecule has 2 aromatic rings. The summed E-state index contributed by atoms with van der Waals surface area (Å²) < 4.78 is 26.8. The van der Waals surface area contributed by atoms with Crippen LogP contribution in [0.2, 0.25) is 0 Å². The van der Waals surface area contributed by atoms with Crippen molar-refractivity contribution >= 4 is 5.69 Å². The number of aromatic nitrogens is 2. The van der Waals surface area contributed by atoms with Crippen molar-refractivity contribution in [3.8, 4) is 5.69 Å². The van der Waals surface area contributed by atoms with Crippen LogP contribution < -0.4 is 5.32 Å². The highest BCUT2D eigenvalue weighted by Crippen LogP contribution is 2.21. The first-order chi connectivity index (χ1) is 8.18. The third kappa shape index (κ3) is 2.61. The molecule has 1 atom stereocenters. The van der Waals surface area contributed by atoms with E-state index in [9.17, 15) is 8.78 Å². The minimum absolute atomic E-state index is 0.665. The second-order valence-corrected chi connectivity index (χ2v) is 3.75. The SMILES string of the molecule is CC(Nc1ccccc1-n1ccnc1)C(F)F. The van der Waals surface area contributed by atoms with Gasteiger partial charge in [-0.25, -0.2) is 13.8 Å². The third-order valence-corrected chi connectivity index (χ3v) is 2.45. The molecule has 17 heavy (non-hydrogen) atoms. The van der Waals surface area contributed by atoms with E-state index >= 15 is 0 Å². The Balaban J connectivity index is 2.29. The summed E-state index contributed by atoms with van der Waals surface area (Å²) in [6, 6.07) is 6.39. The molecule has 1 N–H and O–H groups in total. The van der Waals surface area contributed by atoms with Gasteiger partial charge in [0.05, 0.1) is 23.7 Å². The van der Waals surface area contributed by atoms with Crippen molar-refractivity contribution in [1.82, 2.24) is 9.55 Å². The molecule has 0 saturated carbocycles. The van der Waals surface area contributed by atoms with Gasteiger partial charge in [-0.15, -0.1) is 0 Å². The summed E-state index contributed by atoms with van der Waals surface area (Å²) in [4.78, 5) is 3.94. The van der Waals surface area contributed by atoms with Crippen molar-refractivity contribution in [2.24, 2.45) is 0 Å². The summed E-state index contributed by atoms with van der Waals surface area (Å²) >= 11 is 0. The van der Waals surface area contributed by atoms with Gasteiger partial charge in [-0.05, 0) is 19.1 Å². The molecule has 0 fully saturated rings. The number of imidazole rings is 1. The normalized spacial score (nSPS) is 12.7. The molecule has 1 aromatic carbocycles. The molecule has 0 spiro atoms. The van der Waals surface area contributed by atoms with E-state index in [1.54, 1.807) is 35.4 Å². The molecule has 0 aliphatic rings. The van der Waals surface area contributed by atoms with Gasteiger partial charge in [0.15, 0.2) is 0 Å². The van der Waals surface area contributed by atoms with Crippen molar-refractivity contribution in [1.29, 1.82) is 0 Å². The molecule has 0 aliphatic carbocycles. The van der Waals surface area contributed by atoms with Gasteiger partial charge in [0, 0.05) is 12.4 Å². The van der Waals surface area contributed by atoms with Gasteiger partial charge in [0.25, 0.3) is 6.43 Å². The first-order valence-electron chi connectivity index (χ1n) is 5.30. The largest absolute Gasteiger partial charge is 0.375 e. The van der Waals surface area contributed by atoms with Gasteiger partial charge in [0.2, 0.25) is 0 Å². The maximum atomic E-state index is 12.5. The summed E-state index contributed by atoms with van der Waals surface area (Å²) in [5.74, 6) is 0. The topological polar surface area (TPSA) is 29.9 Å². The van der Waals surface area contributed by atoms with E-state index in [0.717, 1.165) is 5.69 Å². The number of halogens is 2. The molecule has 1 unspecified atom stereocenters. The van der Waals surface area contributed by atoms with E-state index in [1.807, 2.05) is 12.1 Å². The zero-order chi connectivity index (χ0) is 12.3. The van der Waals surface area contributed by atoms with Gasteiger partial charge < -0.3 is 9.88 Å². The Morgan fingerprint density at radius 1 is 1.29 bits per heavy atom. The number of hydrogen-bond donors (Lipinski definition) is 1. The third-order valence-electron chi connectivity index (χ3n) is 2.45. The minimum atomic E-state index is -2.40. The number of alkyl halides is 2. The fourth-order valence-corrected chi connectivity index (χ4v) is 1.53. The van der Waals surface area contributed by atoms with Crippen molar-refractivity contribution in [2.75, 3.05) is 5.32 Å². The summed E-state index contributed by atoms with van der Waals surface area (Å²) in [5.41, 5.74) is 1.47. The van der Waals surface area contributed by atoms with E-state index in [0.29, 0.717) is 5.69 Å². The molecule has 0 bridgehead atoms. The van der Waals surface area contributed by atoms with Crippen LogP contribution in [0.3, 0.4) is 0 Å². The smallest absolute Gasteiger partial charge is 0.258 e. The fourth-order valence-electron chi connectivity index (χ4n) is 1.53. The Morgan fingerprint density at radius 3 is 2.71 bits per heavy atom. The lowest BCUT2D eigenvalue weighted by atomic mass is 10.2. The maximum Gasteiger partial charge on any atom is 0.258 e. The molecule has 90 valence electrons. The molecule has 1 aromatic heterocycles. The van der Waals surface area contributed by atoms with Crippen LogP contribution in [-0.2, 0) is 0 Å². The highest BCUT2D eigenvalue weighted by molar-refractivity contribution is 5.61.